The Labute approximate surface area is 236 Å². The number of aromatic hydroxyl groups is 1. The molecule has 0 bridgehead atoms. The summed E-state index contributed by atoms with van der Waals surface area (Å²) in [6, 6.07) is 17.1. The third-order valence-electron chi connectivity index (χ3n) is 7.18. The number of pyridine rings is 1. The Balaban J connectivity index is 1.64. The van der Waals surface area contributed by atoms with E-state index in [0.717, 1.165) is 12.8 Å². The summed E-state index contributed by atoms with van der Waals surface area (Å²) in [5, 5.41) is 20.3. The van der Waals surface area contributed by atoms with Crippen LogP contribution in [0.1, 0.15) is 59.7 Å². The van der Waals surface area contributed by atoms with Crippen LogP contribution >= 0.6 is 0 Å². The molecule has 1 saturated carbocycles. The van der Waals surface area contributed by atoms with Gasteiger partial charge in [0.15, 0.2) is 4.90 Å². The van der Waals surface area contributed by atoms with Crippen molar-refractivity contribution in [2.75, 3.05) is 0 Å². The Bertz CT molecular complexity index is 1860. The Morgan fingerprint density at radius 1 is 1.17 bits per heavy atom. The summed E-state index contributed by atoms with van der Waals surface area (Å²) in [7, 11) is -4.52. The van der Waals surface area contributed by atoms with Crippen molar-refractivity contribution in [3.05, 3.63) is 99.9 Å². The van der Waals surface area contributed by atoms with E-state index in [4.69, 9.17) is 5.73 Å². The molecular formula is C30H27N5O5S. The van der Waals surface area contributed by atoms with Gasteiger partial charge in [0.1, 0.15) is 11.5 Å². The topological polar surface area (TPSA) is 169 Å². The van der Waals surface area contributed by atoms with Crippen molar-refractivity contribution in [2.24, 2.45) is 11.7 Å². The number of amides is 1. The summed E-state index contributed by atoms with van der Waals surface area (Å²) >= 11 is 0. The van der Waals surface area contributed by atoms with E-state index in [1.165, 1.54) is 35.0 Å². The van der Waals surface area contributed by atoms with Crippen LogP contribution in [0.15, 0.2) is 81.4 Å². The number of carbonyl (C=O) groups excluding carboxylic acids is 1. The first-order chi connectivity index (χ1) is 19.6. The smallest absolute Gasteiger partial charge is 0.277 e. The second kappa shape index (κ2) is 11.0. The molecule has 0 radical (unpaired) electrons. The van der Waals surface area contributed by atoms with Crippen LogP contribution in [0.25, 0.3) is 11.1 Å². The molecule has 3 N–H and O–H groups in total. The molecule has 0 unspecified atom stereocenters. The van der Waals surface area contributed by atoms with Gasteiger partial charge in [-0.25, -0.2) is 8.42 Å². The number of aromatic nitrogens is 3. The number of carbonyl (C=O) groups is 1. The number of hydrogen-bond donors (Lipinski definition) is 2. The largest absolute Gasteiger partial charge is 0.492 e. The van der Waals surface area contributed by atoms with Crippen molar-refractivity contribution in [2.45, 2.75) is 48.4 Å². The van der Waals surface area contributed by atoms with Crippen LogP contribution in [-0.4, -0.2) is 34.0 Å². The average Bonchev–Trinajstić information content (AvgIpc) is 3.79. The minimum Gasteiger partial charge on any atom is -0.492 e. The van der Waals surface area contributed by atoms with Gasteiger partial charge in [-0.05, 0) is 66.6 Å². The van der Waals surface area contributed by atoms with Gasteiger partial charge in [-0.1, -0.05) is 37.3 Å². The third-order valence-corrected chi connectivity index (χ3v) is 8.97. The van der Waals surface area contributed by atoms with Gasteiger partial charge in [-0.2, -0.15) is 10.2 Å². The minimum absolute atomic E-state index is 0.0326. The van der Waals surface area contributed by atoms with Crippen molar-refractivity contribution in [3.63, 3.8) is 0 Å². The quantitative estimate of drug-likeness (QED) is 0.307. The molecular weight excluding hydrogens is 542 g/mol. The molecule has 208 valence electrons. The lowest BCUT2D eigenvalue weighted by atomic mass is 10.0. The number of nitriles is 1. The number of sulfone groups is 1. The lowest BCUT2D eigenvalue weighted by Gasteiger charge is -2.23. The molecule has 4 aromatic rings. The van der Waals surface area contributed by atoms with Crippen LogP contribution in [-0.2, 0) is 16.3 Å². The van der Waals surface area contributed by atoms with Gasteiger partial charge in [0.25, 0.3) is 11.5 Å². The number of nitrogens with zero attached hydrogens (tertiary/aromatic N) is 4. The van der Waals surface area contributed by atoms with Gasteiger partial charge in [0.2, 0.25) is 15.7 Å². The predicted octanol–water partition coefficient (Wildman–Crippen LogP) is 3.77. The van der Waals surface area contributed by atoms with Crippen molar-refractivity contribution in [1.82, 2.24) is 14.5 Å². The summed E-state index contributed by atoms with van der Waals surface area (Å²) in [4.78, 5) is 33.0. The molecule has 41 heavy (non-hydrogen) atoms. The van der Waals surface area contributed by atoms with E-state index in [1.54, 1.807) is 36.4 Å². The monoisotopic (exact) mass is 569 g/mol. The Morgan fingerprint density at radius 3 is 2.54 bits per heavy atom. The molecule has 1 atom stereocenters. The second-order valence-electron chi connectivity index (χ2n) is 9.96. The fraction of sp³-hybridized carbons (Fsp3) is 0.233. The molecule has 1 aliphatic carbocycles. The third kappa shape index (κ3) is 5.34. The van der Waals surface area contributed by atoms with Crippen molar-refractivity contribution >= 4 is 15.7 Å². The van der Waals surface area contributed by atoms with Gasteiger partial charge in [0, 0.05) is 18.2 Å². The highest BCUT2D eigenvalue weighted by atomic mass is 32.2. The van der Waals surface area contributed by atoms with E-state index in [9.17, 15) is 28.4 Å². The van der Waals surface area contributed by atoms with Gasteiger partial charge < -0.3 is 10.8 Å². The molecule has 2 aromatic carbocycles. The highest BCUT2D eigenvalue weighted by Crippen LogP contribution is 2.35. The molecule has 1 amide bonds. The number of benzene rings is 2. The van der Waals surface area contributed by atoms with E-state index >= 15 is 0 Å². The molecule has 10 nitrogen and oxygen atoms in total. The number of rotatable bonds is 9. The van der Waals surface area contributed by atoms with Gasteiger partial charge >= 0.3 is 0 Å². The summed E-state index contributed by atoms with van der Waals surface area (Å²) < 4.78 is 29.0. The summed E-state index contributed by atoms with van der Waals surface area (Å²) in [6.07, 6.45) is 4.17. The number of primary amides is 1. The first kappa shape index (κ1) is 27.7. The Morgan fingerprint density at radius 2 is 1.90 bits per heavy atom. The first-order valence-electron chi connectivity index (χ1n) is 13.1. The summed E-state index contributed by atoms with van der Waals surface area (Å²) in [5.41, 5.74) is 6.57. The number of hydrogen-bond acceptors (Lipinski definition) is 8. The maximum atomic E-state index is 14.0. The SMILES string of the molecule is CC[C@@H](c1cccc(C#N)c1)n1c(CC2CC2)nc(O)c(S(=O)(=O)c2ccc(-c3cccnc3C(N)=O)cc2)c1=O. The highest BCUT2D eigenvalue weighted by molar-refractivity contribution is 7.91. The standard InChI is InChI=1S/C30H27N5O5S/c1-2-24(21-6-3-5-19(15-21)17-31)35-25(16-18-8-9-18)34-29(37)27(30(35)38)41(39,40)22-12-10-20(11-13-22)23-7-4-14-33-26(23)28(32)36/h3-7,10-15,18,24,37H,2,8-9,16H2,1H3,(H2,32,36)/t24-/m0/s1. The van der Waals surface area contributed by atoms with Crippen molar-refractivity contribution in [3.8, 4) is 23.1 Å². The van der Waals surface area contributed by atoms with Crippen molar-refractivity contribution < 1.29 is 18.3 Å². The van der Waals surface area contributed by atoms with Crippen LogP contribution in [0.4, 0.5) is 0 Å². The number of nitrogens with two attached hydrogens (primary N) is 1. The van der Waals surface area contributed by atoms with Gasteiger partial charge in [0.05, 0.1) is 22.6 Å². The lowest BCUT2D eigenvalue weighted by Crippen LogP contribution is -2.33. The molecule has 2 heterocycles. The lowest BCUT2D eigenvalue weighted by molar-refractivity contribution is 0.0996. The normalized spacial score (nSPS) is 13.9. The van der Waals surface area contributed by atoms with Gasteiger partial charge in [-0.3, -0.25) is 19.1 Å². The van der Waals surface area contributed by atoms with Crippen LogP contribution < -0.4 is 11.3 Å². The predicted molar refractivity (Wildman–Crippen MR) is 150 cm³/mol. The zero-order valence-corrected chi connectivity index (χ0v) is 23.0. The van der Waals surface area contributed by atoms with Crippen LogP contribution in [0.2, 0.25) is 0 Å². The molecule has 2 aromatic heterocycles. The maximum Gasteiger partial charge on any atom is 0.277 e. The molecule has 1 aliphatic rings. The molecule has 0 saturated heterocycles. The van der Waals surface area contributed by atoms with Gasteiger partial charge in [-0.15, -0.1) is 0 Å². The van der Waals surface area contributed by atoms with E-state index < -0.39 is 38.1 Å². The fourth-order valence-electron chi connectivity index (χ4n) is 4.98. The van der Waals surface area contributed by atoms with Crippen LogP contribution in [0.3, 0.4) is 0 Å². The summed E-state index contributed by atoms with van der Waals surface area (Å²) in [6.45, 7) is 1.86. The maximum absolute atomic E-state index is 14.0. The molecule has 0 spiro atoms. The zero-order valence-electron chi connectivity index (χ0n) is 22.2. The Kier molecular flexibility index (Phi) is 7.43. The fourth-order valence-corrected chi connectivity index (χ4v) is 6.32. The van der Waals surface area contributed by atoms with E-state index in [1.807, 2.05) is 6.92 Å². The zero-order chi connectivity index (χ0) is 29.3. The molecule has 5 rings (SSSR count). The van der Waals surface area contributed by atoms with Crippen molar-refractivity contribution in [1.29, 1.82) is 5.26 Å². The molecule has 0 aliphatic heterocycles. The molecule has 11 heteroatoms. The Hall–Kier alpha value is -4.82. The second-order valence-corrected chi connectivity index (χ2v) is 11.8. The van der Waals surface area contributed by atoms with E-state index in [-0.39, 0.29) is 10.6 Å². The average molecular weight is 570 g/mol. The summed E-state index contributed by atoms with van der Waals surface area (Å²) in [5.74, 6) is -0.988. The first-order valence-corrected chi connectivity index (χ1v) is 14.6. The van der Waals surface area contributed by atoms with Crippen LogP contribution in [0.5, 0.6) is 5.88 Å². The van der Waals surface area contributed by atoms with Crippen LogP contribution in [0, 0.1) is 17.2 Å². The highest BCUT2D eigenvalue weighted by Gasteiger charge is 2.33. The van der Waals surface area contributed by atoms with E-state index in [2.05, 4.69) is 16.0 Å². The minimum atomic E-state index is -4.52. The van der Waals surface area contributed by atoms with E-state index in [0.29, 0.717) is 46.8 Å². The molecule has 1 fully saturated rings.